The van der Waals surface area contributed by atoms with Crippen LogP contribution < -0.4 is 20.1 Å². The first-order valence-corrected chi connectivity index (χ1v) is 9.41. The van der Waals surface area contributed by atoms with Gasteiger partial charge in [-0.2, -0.15) is 0 Å². The van der Waals surface area contributed by atoms with Gasteiger partial charge >= 0.3 is 6.03 Å². The molecule has 3 aliphatic rings. The van der Waals surface area contributed by atoms with Crippen molar-refractivity contribution >= 4 is 23.5 Å². The van der Waals surface area contributed by atoms with Crippen LogP contribution in [0, 0.1) is 0 Å². The topological polar surface area (TPSA) is 97.0 Å². The van der Waals surface area contributed by atoms with E-state index in [1.54, 1.807) is 18.2 Å². The fourth-order valence-corrected chi connectivity index (χ4v) is 3.93. The van der Waals surface area contributed by atoms with Crippen LogP contribution in [-0.2, 0) is 9.59 Å². The highest BCUT2D eigenvalue weighted by molar-refractivity contribution is 6.07. The van der Waals surface area contributed by atoms with Gasteiger partial charge in [-0.25, -0.2) is 4.79 Å². The van der Waals surface area contributed by atoms with Gasteiger partial charge in [-0.05, 0) is 25.0 Å². The lowest BCUT2D eigenvalue weighted by molar-refractivity contribution is -0.132. The van der Waals surface area contributed by atoms with Crippen molar-refractivity contribution in [2.24, 2.45) is 0 Å². The first-order valence-electron chi connectivity index (χ1n) is 9.41. The average Bonchev–Trinajstić information content (AvgIpc) is 2.90. The third-order valence-corrected chi connectivity index (χ3v) is 5.34. The van der Waals surface area contributed by atoms with Crippen LogP contribution in [0.2, 0.25) is 0 Å². The molecule has 0 atom stereocenters. The minimum absolute atomic E-state index is 0.0453. The van der Waals surface area contributed by atoms with Crippen LogP contribution in [0.25, 0.3) is 0 Å². The SMILES string of the molecule is O=C(CCN1C(=O)NC2(CCCCC2)C1=O)Nc1ccc2c(c1)OCCO2. The van der Waals surface area contributed by atoms with Crippen LogP contribution >= 0.6 is 0 Å². The van der Waals surface area contributed by atoms with Crippen molar-refractivity contribution in [3.63, 3.8) is 0 Å². The second-order valence-electron chi connectivity index (χ2n) is 7.19. The number of hydrogen-bond acceptors (Lipinski definition) is 5. The predicted octanol–water partition coefficient (Wildman–Crippen LogP) is 2.04. The number of urea groups is 1. The summed E-state index contributed by atoms with van der Waals surface area (Å²) in [5, 5.41) is 5.62. The summed E-state index contributed by atoms with van der Waals surface area (Å²) < 4.78 is 10.9. The Balaban J connectivity index is 1.34. The highest BCUT2D eigenvalue weighted by Gasteiger charge is 2.51. The molecule has 8 heteroatoms. The number of anilines is 1. The van der Waals surface area contributed by atoms with Crippen LogP contribution in [0.4, 0.5) is 10.5 Å². The zero-order chi connectivity index (χ0) is 18.9. The fraction of sp³-hybridized carbons (Fsp3) is 0.526. The number of carbonyl (C=O) groups is 3. The Morgan fingerprint density at radius 3 is 2.63 bits per heavy atom. The molecule has 8 nitrogen and oxygen atoms in total. The highest BCUT2D eigenvalue weighted by atomic mass is 16.6. The van der Waals surface area contributed by atoms with Crippen LogP contribution in [0.15, 0.2) is 18.2 Å². The molecule has 0 unspecified atom stereocenters. The van der Waals surface area contributed by atoms with Crippen molar-refractivity contribution in [1.82, 2.24) is 10.2 Å². The van der Waals surface area contributed by atoms with Gasteiger partial charge in [-0.3, -0.25) is 14.5 Å². The van der Waals surface area contributed by atoms with E-state index in [4.69, 9.17) is 9.47 Å². The van der Waals surface area contributed by atoms with E-state index in [0.717, 1.165) is 19.3 Å². The Labute approximate surface area is 157 Å². The molecule has 0 radical (unpaired) electrons. The van der Waals surface area contributed by atoms with Gasteiger partial charge < -0.3 is 20.1 Å². The minimum atomic E-state index is -0.748. The summed E-state index contributed by atoms with van der Waals surface area (Å²) in [6.45, 7) is 1.05. The number of nitrogens with one attached hydrogen (secondary N) is 2. The summed E-state index contributed by atoms with van der Waals surface area (Å²) in [5.74, 6) is 0.778. The van der Waals surface area contributed by atoms with E-state index in [2.05, 4.69) is 10.6 Å². The summed E-state index contributed by atoms with van der Waals surface area (Å²) in [6, 6.07) is 4.79. The number of carbonyl (C=O) groups excluding carboxylic acids is 3. The molecule has 2 N–H and O–H groups in total. The van der Waals surface area contributed by atoms with E-state index in [-0.39, 0.29) is 24.8 Å². The number of fused-ring (bicyclic) bond motifs is 1. The van der Waals surface area contributed by atoms with E-state index in [0.29, 0.717) is 43.2 Å². The first kappa shape index (κ1) is 17.6. The van der Waals surface area contributed by atoms with Crippen molar-refractivity contribution in [2.75, 3.05) is 25.1 Å². The fourth-order valence-electron chi connectivity index (χ4n) is 3.93. The van der Waals surface area contributed by atoms with Gasteiger partial charge in [0.1, 0.15) is 18.8 Å². The highest BCUT2D eigenvalue weighted by Crippen LogP contribution is 2.34. The molecule has 1 aromatic rings. The zero-order valence-corrected chi connectivity index (χ0v) is 15.1. The molecule has 1 saturated heterocycles. The zero-order valence-electron chi connectivity index (χ0n) is 15.1. The number of nitrogens with zero attached hydrogens (tertiary/aromatic N) is 1. The third-order valence-electron chi connectivity index (χ3n) is 5.34. The molecule has 1 spiro atoms. The molecule has 27 heavy (non-hydrogen) atoms. The molecule has 4 rings (SSSR count). The van der Waals surface area contributed by atoms with Crippen molar-refractivity contribution in [1.29, 1.82) is 0 Å². The monoisotopic (exact) mass is 373 g/mol. The molecular weight excluding hydrogens is 350 g/mol. The molecule has 1 aliphatic carbocycles. The second-order valence-corrected chi connectivity index (χ2v) is 7.19. The maximum Gasteiger partial charge on any atom is 0.325 e. The molecule has 144 valence electrons. The maximum absolute atomic E-state index is 12.7. The lowest BCUT2D eigenvalue weighted by Crippen LogP contribution is -2.48. The molecular formula is C19H23N3O5. The van der Waals surface area contributed by atoms with E-state index in [1.807, 2.05) is 0 Å². The molecule has 2 fully saturated rings. The number of imide groups is 1. The van der Waals surface area contributed by atoms with E-state index in [1.165, 1.54) is 4.90 Å². The molecule has 4 amide bonds. The van der Waals surface area contributed by atoms with Crippen molar-refractivity contribution in [2.45, 2.75) is 44.1 Å². The number of rotatable bonds is 4. The van der Waals surface area contributed by atoms with Gasteiger partial charge in [0.25, 0.3) is 5.91 Å². The van der Waals surface area contributed by atoms with Crippen molar-refractivity contribution < 1.29 is 23.9 Å². The lowest BCUT2D eigenvalue weighted by Gasteiger charge is -2.30. The molecule has 2 heterocycles. The lowest BCUT2D eigenvalue weighted by atomic mass is 9.82. The smallest absolute Gasteiger partial charge is 0.325 e. The number of hydrogen-bond donors (Lipinski definition) is 2. The van der Waals surface area contributed by atoms with Crippen LogP contribution in [0.1, 0.15) is 38.5 Å². The van der Waals surface area contributed by atoms with Gasteiger partial charge in [0.05, 0.1) is 0 Å². The summed E-state index contributed by atoms with van der Waals surface area (Å²) in [5.41, 5.74) is -0.160. The van der Waals surface area contributed by atoms with E-state index in [9.17, 15) is 14.4 Å². The Morgan fingerprint density at radius 1 is 1.11 bits per heavy atom. The summed E-state index contributed by atoms with van der Waals surface area (Å²) in [7, 11) is 0. The summed E-state index contributed by atoms with van der Waals surface area (Å²) in [4.78, 5) is 38.4. The van der Waals surface area contributed by atoms with Gasteiger partial charge in [0.2, 0.25) is 5.91 Å². The molecule has 0 aromatic heterocycles. The quantitative estimate of drug-likeness (QED) is 0.788. The largest absolute Gasteiger partial charge is 0.486 e. The van der Waals surface area contributed by atoms with Crippen molar-refractivity contribution in [3.05, 3.63) is 18.2 Å². The minimum Gasteiger partial charge on any atom is -0.486 e. The Morgan fingerprint density at radius 2 is 1.85 bits per heavy atom. The first-order chi connectivity index (χ1) is 13.1. The van der Waals surface area contributed by atoms with Crippen LogP contribution in [0.3, 0.4) is 0 Å². The Hall–Kier alpha value is -2.77. The van der Waals surface area contributed by atoms with Gasteiger partial charge in [0.15, 0.2) is 11.5 Å². The number of ether oxygens (including phenoxy) is 2. The van der Waals surface area contributed by atoms with Crippen LogP contribution in [-0.4, -0.2) is 48.0 Å². The van der Waals surface area contributed by atoms with E-state index < -0.39 is 11.6 Å². The maximum atomic E-state index is 12.7. The number of benzene rings is 1. The Bertz CT molecular complexity index is 773. The summed E-state index contributed by atoms with van der Waals surface area (Å²) >= 11 is 0. The van der Waals surface area contributed by atoms with Crippen molar-refractivity contribution in [3.8, 4) is 11.5 Å². The Kier molecular flexibility index (Phi) is 4.63. The molecule has 0 bridgehead atoms. The number of amides is 4. The van der Waals surface area contributed by atoms with Gasteiger partial charge in [-0.1, -0.05) is 19.3 Å². The van der Waals surface area contributed by atoms with Gasteiger partial charge in [0, 0.05) is 24.7 Å². The van der Waals surface area contributed by atoms with Crippen LogP contribution in [0.5, 0.6) is 11.5 Å². The molecule has 2 aliphatic heterocycles. The standard InChI is InChI=1S/C19H23N3O5/c23-16(20-13-4-5-14-15(12-13)27-11-10-26-14)6-9-22-17(24)19(21-18(22)25)7-2-1-3-8-19/h4-5,12H,1-3,6-11H2,(H,20,23)(H,21,25). The summed E-state index contributed by atoms with van der Waals surface area (Å²) in [6.07, 6.45) is 4.36. The normalized spacial score (nSPS) is 20.5. The molecule has 1 saturated carbocycles. The molecule has 1 aromatic carbocycles. The average molecular weight is 373 g/mol. The predicted molar refractivity (Wildman–Crippen MR) is 96.7 cm³/mol. The van der Waals surface area contributed by atoms with E-state index >= 15 is 0 Å². The third kappa shape index (κ3) is 3.43. The van der Waals surface area contributed by atoms with Gasteiger partial charge in [-0.15, -0.1) is 0 Å². The second kappa shape index (κ2) is 7.09.